The Morgan fingerprint density at radius 2 is 2.10 bits per heavy atom. The maximum absolute atomic E-state index is 13.0. The van der Waals surface area contributed by atoms with E-state index in [0.717, 1.165) is 19.3 Å². The Morgan fingerprint density at radius 3 is 2.90 bits per heavy atom. The topological polar surface area (TPSA) is 76.3 Å². The average molecular weight is 305 g/mol. The Hall–Kier alpha value is -1.50. The summed E-state index contributed by atoms with van der Waals surface area (Å²) in [5.41, 5.74) is 6.46. The predicted octanol–water partition coefficient (Wildman–Crippen LogP) is 1.74. The second-order valence-corrected chi connectivity index (χ2v) is 7.19. The molecule has 2 N–H and O–H groups in total. The summed E-state index contributed by atoms with van der Waals surface area (Å²) >= 11 is 0. The van der Waals surface area contributed by atoms with Gasteiger partial charge in [0.2, 0.25) is 10.0 Å². The normalized spacial score (nSPS) is 20.7. The van der Waals surface area contributed by atoms with E-state index in [-0.39, 0.29) is 6.04 Å². The molecule has 3 rings (SSSR count). The lowest BCUT2D eigenvalue weighted by Crippen LogP contribution is -2.47. The van der Waals surface area contributed by atoms with Crippen LogP contribution in [0.3, 0.4) is 0 Å². The van der Waals surface area contributed by atoms with Gasteiger partial charge in [-0.3, -0.25) is 4.98 Å². The van der Waals surface area contributed by atoms with Crippen LogP contribution in [0.4, 0.5) is 0 Å². The van der Waals surface area contributed by atoms with Gasteiger partial charge in [-0.2, -0.15) is 4.31 Å². The van der Waals surface area contributed by atoms with Crippen LogP contribution >= 0.6 is 0 Å². The van der Waals surface area contributed by atoms with Gasteiger partial charge in [0, 0.05) is 30.7 Å². The number of hydrogen-bond acceptors (Lipinski definition) is 4. The summed E-state index contributed by atoms with van der Waals surface area (Å²) in [4.78, 5) is 4.56. The van der Waals surface area contributed by atoms with Gasteiger partial charge in [0.05, 0.1) is 10.4 Å². The second-order valence-electron chi connectivity index (χ2n) is 5.33. The van der Waals surface area contributed by atoms with Crippen LogP contribution in [0.1, 0.15) is 19.3 Å². The molecule has 0 amide bonds. The standard InChI is InChI=1S/C15H19N3O2S/c16-11-12-5-1-2-10-18(12)21(19,20)15-8-3-7-14-13(15)6-4-9-17-14/h3-4,6-9,12H,1-2,5,10-11,16H2/t12-/m1/s1. The van der Waals surface area contributed by atoms with E-state index in [1.54, 1.807) is 34.8 Å². The SMILES string of the molecule is NC[C@H]1CCCCN1S(=O)(=O)c1cccc2ncccc12. The largest absolute Gasteiger partial charge is 0.329 e. The maximum Gasteiger partial charge on any atom is 0.244 e. The molecule has 0 saturated carbocycles. The van der Waals surface area contributed by atoms with Gasteiger partial charge in [0.1, 0.15) is 0 Å². The van der Waals surface area contributed by atoms with Gasteiger partial charge in [-0.25, -0.2) is 8.42 Å². The quantitative estimate of drug-likeness (QED) is 0.937. The summed E-state index contributed by atoms with van der Waals surface area (Å²) < 4.78 is 27.6. The number of benzene rings is 1. The zero-order chi connectivity index (χ0) is 14.9. The lowest BCUT2D eigenvalue weighted by Gasteiger charge is -2.34. The molecule has 112 valence electrons. The molecule has 0 spiro atoms. The van der Waals surface area contributed by atoms with E-state index in [9.17, 15) is 8.42 Å². The van der Waals surface area contributed by atoms with Gasteiger partial charge in [0.15, 0.2) is 0 Å². The molecule has 5 nitrogen and oxygen atoms in total. The molecule has 1 aliphatic heterocycles. The van der Waals surface area contributed by atoms with Crippen molar-refractivity contribution in [2.45, 2.75) is 30.2 Å². The van der Waals surface area contributed by atoms with Crippen LogP contribution in [0.5, 0.6) is 0 Å². The summed E-state index contributed by atoms with van der Waals surface area (Å²) in [7, 11) is -3.54. The number of hydrogen-bond donors (Lipinski definition) is 1. The van der Waals surface area contributed by atoms with E-state index in [1.165, 1.54) is 0 Å². The van der Waals surface area contributed by atoms with Gasteiger partial charge in [-0.05, 0) is 37.1 Å². The minimum absolute atomic E-state index is 0.101. The van der Waals surface area contributed by atoms with E-state index in [4.69, 9.17) is 5.73 Å². The molecule has 1 atom stereocenters. The highest BCUT2D eigenvalue weighted by Crippen LogP contribution is 2.29. The highest BCUT2D eigenvalue weighted by molar-refractivity contribution is 7.89. The monoisotopic (exact) mass is 305 g/mol. The summed E-state index contributed by atoms with van der Waals surface area (Å²) in [5.74, 6) is 0. The van der Waals surface area contributed by atoms with Gasteiger partial charge in [-0.15, -0.1) is 0 Å². The van der Waals surface area contributed by atoms with Crippen LogP contribution in [0.15, 0.2) is 41.4 Å². The maximum atomic E-state index is 13.0. The summed E-state index contributed by atoms with van der Waals surface area (Å²) in [6, 6.07) is 8.68. The zero-order valence-electron chi connectivity index (χ0n) is 11.8. The van der Waals surface area contributed by atoms with Gasteiger partial charge >= 0.3 is 0 Å². The van der Waals surface area contributed by atoms with Crippen LogP contribution < -0.4 is 5.73 Å². The molecule has 1 fully saturated rings. The molecule has 0 aliphatic carbocycles. The highest BCUT2D eigenvalue weighted by Gasteiger charge is 2.33. The van der Waals surface area contributed by atoms with Crippen LogP contribution in [0, 0.1) is 0 Å². The summed E-state index contributed by atoms with van der Waals surface area (Å²) in [6.07, 6.45) is 4.42. The van der Waals surface area contributed by atoms with Crippen molar-refractivity contribution in [1.82, 2.24) is 9.29 Å². The summed E-state index contributed by atoms with van der Waals surface area (Å²) in [5, 5.41) is 0.668. The number of nitrogens with zero attached hydrogens (tertiary/aromatic N) is 2. The lowest BCUT2D eigenvalue weighted by atomic mass is 10.1. The number of piperidine rings is 1. The zero-order valence-corrected chi connectivity index (χ0v) is 12.6. The minimum Gasteiger partial charge on any atom is -0.329 e. The number of pyridine rings is 1. The molecule has 0 unspecified atom stereocenters. The number of rotatable bonds is 3. The van der Waals surface area contributed by atoms with Gasteiger partial charge in [-0.1, -0.05) is 12.5 Å². The first-order chi connectivity index (χ1) is 10.1. The Bertz CT molecular complexity index is 740. The van der Waals surface area contributed by atoms with Crippen LogP contribution in [0.2, 0.25) is 0 Å². The van der Waals surface area contributed by atoms with E-state index in [2.05, 4.69) is 4.98 Å². The molecular weight excluding hydrogens is 286 g/mol. The molecular formula is C15H19N3O2S. The second kappa shape index (κ2) is 5.71. The van der Waals surface area contributed by atoms with Crippen molar-refractivity contribution < 1.29 is 8.42 Å². The van der Waals surface area contributed by atoms with E-state index in [0.29, 0.717) is 28.9 Å². The molecule has 1 aliphatic rings. The molecule has 0 radical (unpaired) electrons. The molecule has 2 heterocycles. The van der Waals surface area contributed by atoms with Crippen LogP contribution in [-0.4, -0.2) is 36.8 Å². The highest BCUT2D eigenvalue weighted by atomic mass is 32.2. The molecule has 1 aromatic heterocycles. The fourth-order valence-electron chi connectivity index (χ4n) is 2.95. The Labute approximate surface area is 124 Å². The van der Waals surface area contributed by atoms with Crippen molar-refractivity contribution in [1.29, 1.82) is 0 Å². The van der Waals surface area contributed by atoms with E-state index < -0.39 is 10.0 Å². The van der Waals surface area contributed by atoms with Crippen LogP contribution in [-0.2, 0) is 10.0 Å². The lowest BCUT2D eigenvalue weighted by molar-refractivity contribution is 0.258. The van der Waals surface area contributed by atoms with Crippen molar-refractivity contribution in [3.63, 3.8) is 0 Å². The fraction of sp³-hybridized carbons (Fsp3) is 0.400. The number of aromatic nitrogens is 1. The smallest absolute Gasteiger partial charge is 0.244 e. The minimum atomic E-state index is -3.54. The number of fused-ring (bicyclic) bond motifs is 1. The van der Waals surface area contributed by atoms with Crippen molar-refractivity contribution in [3.05, 3.63) is 36.5 Å². The Balaban J connectivity index is 2.12. The Morgan fingerprint density at radius 1 is 1.24 bits per heavy atom. The van der Waals surface area contributed by atoms with Crippen molar-refractivity contribution >= 4 is 20.9 Å². The molecule has 1 saturated heterocycles. The predicted molar refractivity (Wildman–Crippen MR) is 82.3 cm³/mol. The van der Waals surface area contributed by atoms with Crippen molar-refractivity contribution in [2.75, 3.05) is 13.1 Å². The van der Waals surface area contributed by atoms with Crippen molar-refractivity contribution in [3.8, 4) is 0 Å². The molecule has 6 heteroatoms. The summed E-state index contributed by atoms with van der Waals surface area (Å²) in [6.45, 7) is 0.906. The molecule has 0 bridgehead atoms. The Kier molecular flexibility index (Phi) is 3.93. The molecule has 21 heavy (non-hydrogen) atoms. The first-order valence-corrected chi connectivity index (χ1v) is 8.64. The van der Waals surface area contributed by atoms with E-state index >= 15 is 0 Å². The first kappa shape index (κ1) is 14.4. The van der Waals surface area contributed by atoms with Gasteiger partial charge in [0.25, 0.3) is 0 Å². The number of nitrogens with two attached hydrogens (primary N) is 1. The molecule has 1 aromatic carbocycles. The van der Waals surface area contributed by atoms with Crippen molar-refractivity contribution in [2.24, 2.45) is 5.73 Å². The van der Waals surface area contributed by atoms with Gasteiger partial charge < -0.3 is 5.73 Å². The third kappa shape index (κ3) is 2.54. The first-order valence-electron chi connectivity index (χ1n) is 7.20. The van der Waals surface area contributed by atoms with Crippen LogP contribution in [0.25, 0.3) is 10.9 Å². The number of sulfonamides is 1. The third-order valence-electron chi connectivity index (χ3n) is 4.04. The average Bonchev–Trinajstić information content (AvgIpc) is 2.54. The third-order valence-corrected chi connectivity index (χ3v) is 6.05. The van der Waals surface area contributed by atoms with E-state index in [1.807, 2.05) is 6.07 Å². The fourth-order valence-corrected chi connectivity index (χ4v) is 4.86. The molecule has 2 aromatic rings.